The average molecular weight is 415 g/mol. The largest absolute Gasteiger partial charge is 0.504 e. The van der Waals surface area contributed by atoms with Crippen molar-refractivity contribution in [3.63, 3.8) is 0 Å². The van der Waals surface area contributed by atoms with Crippen LogP contribution in [-0.2, 0) is 20.7 Å². The summed E-state index contributed by atoms with van der Waals surface area (Å²) >= 11 is 1.12. The molecular formula is C18H17N5O5S. The summed E-state index contributed by atoms with van der Waals surface area (Å²) in [4.78, 5) is 42.2. The van der Waals surface area contributed by atoms with Crippen LogP contribution >= 0.6 is 11.3 Å². The number of carbonyl (C=O) groups is 2. The minimum Gasteiger partial charge on any atom is -0.504 e. The molecule has 1 saturated heterocycles. The topological polar surface area (TPSA) is 140 Å². The van der Waals surface area contributed by atoms with Crippen molar-refractivity contribution in [3.8, 4) is 0 Å². The van der Waals surface area contributed by atoms with Crippen LogP contribution in [0.2, 0.25) is 0 Å². The van der Waals surface area contributed by atoms with Crippen molar-refractivity contribution in [2.24, 2.45) is 0 Å². The molecule has 2 aliphatic rings. The first kappa shape index (κ1) is 19.0. The molecular weight excluding hydrogens is 398 g/mol. The fourth-order valence-electron chi connectivity index (χ4n) is 2.97. The Bertz CT molecular complexity index is 1150. The maximum Gasteiger partial charge on any atom is 0.283 e. The first-order chi connectivity index (χ1) is 13.9. The lowest BCUT2D eigenvalue weighted by molar-refractivity contribution is -0.134. The molecule has 1 aliphatic heterocycles. The number of aliphatic hydroxyl groups excluding tert-OH is 1. The normalized spacial score (nSPS) is 18.5. The van der Waals surface area contributed by atoms with Crippen LogP contribution in [0.25, 0.3) is 11.0 Å². The van der Waals surface area contributed by atoms with Crippen molar-refractivity contribution >= 4 is 39.9 Å². The molecule has 3 heterocycles. The van der Waals surface area contributed by atoms with Crippen molar-refractivity contribution in [2.45, 2.75) is 6.42 Å². The molecule has 0 atom stereocenters. The smallest absolute Gasteiger partial charge is 0.283 e. The highest BCUT2D eigenvalue weighted by atomic mass is 32.1. The standard InChI is InChI=1S/C18H17N5O5S/c19-16-11(7-10-1-2-12(24)13(25)8-10)17(27)20-18-23(16)21-14(29-18)9-15(26)22-3-5-28-6-4-22/h1-2,7-8,25H,3-6,9,19H2/b10-7-. The number of ketones is 1. The summed E-state index contributed by atoms with van der Waals surface area (Å²) in [6.07, 6.45) is 5.40. The summed E-state index contributed by atoms with van der Waals surface area (Å²) in [5.41, 5.74) is 6.06. The number of nitrogens with zero attached hydrogens (tertiary/aromatic N) is 4. The molecule has 0 spiro atoms. The van der Waals surface area contributed by atoms with Crippen molar-refractivity contribution < 1.29 is 19.4 Å². The van der Waals surface area contributed by atoms with Gasteiger partial charge in [-0.3, -0.25) is 14.4 Å². The van der Waals surface area contributed by atoms with E-state index in [-0.39, 0.29) is 28.7 Å². The van der Waals surface area contributed by atoms with Gasteiger partial charge in [0.05, 0.1) is 25.2 Å². The van der Waals surface area contributed by atoms with Gasteiger partial charge in [-0.1, -0.05) is 17.4 Å². The molecule has 3 N–H and O–H groups in total. The van der Waals surface area contributed by atoms with Gasteiger partial charge in [0.2, 0.25) is 16.7 Å². The van der Waals surface area contributed by atoms with Gasteiger partial charge in [-0.2, -0.15) is 14.6 Å². The van der Waals surface area contributed by atoms with Crippen LogP contribution in [0, 0.1) is 0 Å². The minimum atomic E-state index is -0.567. The molecule has 29 heavy (non-hydrogen) atoms. The summed E-state index contributed by atoms with van der Waals surface area (Å²) < 4.78 is 6.57. The molecule has 2 aromatic rings. The van der Waals surface area contributed by atoms with Crippen LogP contribution < -0.4 is 11.3 Å². The molecule has 1 amide bonds. The van der Waals surface area contributed by atoms with E-state index in [0.29, 0.717) is 36.9 Å². The Labute approximate surface area is 168 Å². The predicted octanol–water partition coefficient (Wildman–Crippen LogP) is 0.0987. The fraction of sp³-hybridized carbons (Fsp3) is 0.278. The molecule has 0 bridgehead atoms. The van der Waals surface area contributed by atoms with Crippen LogP contribution in [0.5, 0.6) is 0 Å². The van der Waals surface area contributed by atoms with Crippen molar-refractivity contribution in [1.29, 1.82) is 0 Å². The van der Waals surface area contributed by atoms with E-state index in [9.17, 15) is 19.5 Å². The highest BCUT2D eigenvalue weighted by molar-refractivity contribution is 7.16. The highest BCUT2D eigenvalue weighted by Gasteiger charge is 2.20. The molecule has 150 valence electrons. The zero-order valence-corrected chi connectivity index (χ0v) is 16.0. The van der Waals surface area contributed by atoms with E-state index in [2.05, 4.69) is 10.1 Å². The van der Waals surface area contributed by atoms with E-state index < -0.39 is 17.1 Å². The second-order valence-corrected chi connectivity index (χ2v) is 7.49. The van der Waals surface area contributed by atoms with Gasteiger partial charge in [0.15, 0.2) is 5.76 Å². The van der Waals surface area contributed by atoms with E-state index in [1.165, 1.54) is 28.8 Å². The Morgan fingerprint density at radius 2 is 2.07 bits per heavy atom. The van der Waals surface area contributed by atoms with Gasteiger partial charge in [-0.25, -0.2) is 0 Å². The van der Waals surface area contributed by atoms with Gasteiger partial charge in [-0.05, 0) is 23.8 Å². The number of anilines is 1. The number of fused-ring (bicyclic) bond motifs is 1. The van der Waals surface area contributed by atoms with Crippen molar-refractivity contribution in [1.82, 2.24) is 19.5 Å². The molecule has 1 fully saturated rings. The second-order valence-electron chi connectivity index (χ2n) is 6.45. The number of allylic oxidation sites excluding steroid dienone is 4. The molecule has 4 rings (SSSR count). The number of nitrogens with two attached hydrogens (primary N) is 1. The predicted molar refractivity (Wildman–Crippen MR) is 105 cm³/mol. The summed E-state index contributed by atoms with van der Waals surface area (Å²) in [7, 11) is 0. The Hall–Kier alpha value is -3.31. The lowest BCUT2D eigenvalue weighted by Crippen LogP contribution is -2.41. The van der Waals surface area contributed by atoms with Crippen molar-refractivity contribution in [3.05, 3.63) is 50.5 Å². The van der Waals surface area contributed by atoms with E-state index in [4.69, 9.17) is 10.5 Å². The lowest BCUT2D eigenvalue weighted by atomic mass is 10.1. The number of hydrogen-bond donors (Lipinski definition) is 2. The molecule has 0 saturated carbocycles. The highest BCUT2D eigenvalue weighted by Crippen LogP contribution is 2.21. The maximum absolute atomic E-state index is 12.4. The number of aliphatic hydroxyl groups is 1. The lowest BCUT2D eigenvalue weighted by Gasteiger charge is -2.26. The van der Waals surface area contributed by atoms with Gasteiger partial charge in [-0.15, -0.1) is 0 Å². The number of morpholine rings is 1. The molecule has 0 aromatic carbocycles. The third-order valence-electron chi connectivity index (χ3n) is 4.49. The summed E-state index contributed by atoms with van der Waals surface area (Å²) in [6.45, 7) is 2.10. The third kappa shape index (κ3) is 3.82. The van der Waals surface area contributed by atoms with Gasteiger partial charge >= 0.3 is 0 Å². The molecule has 11 heteroatoms. The van der Waals surface area contributed by atoms with E-state index in [1.54, 1.807) is 4.90 Å². The average Bonchev–Trinajstić information content (AvgIpc) is 3.11. The first-order valence-electron chi connectivity index (χ1n) is 8.81. The van der Waals surface area contributed by atoms with Gasteiger partial charge in [0.1, 0.15) is 10.8 Å². The van der Waals surface area contributed by atoms with Crippen LogP contribution in [-0.4, -0.2) is 62.6 Å². The van der Waals surface area contributed by atoms with Crippen molar-refractivity contribution in [2.75, 3.05) is 32.0 Å². The van der Waals surface area contributed by atoms with Gasteiger partial charge in [0.25, 0.3) is 5.56 Å². The quantitative estimate of drug-likeness (QED) is 0.719. The number of ether oxygens (including phenoxy) is 1. The second kappa shape index (κ2) is 7.60. The number of hydrogen-bond acceptors (Lipinski definition) is 9. The number of aromatic nitrogens is 3. The molecule has 2 aromatic heterocycles. The number of nitrogen functional groups attached to an aromatic ring is 1. The fourth-order valence-corrected chi connectivity index (χ4v) is 3.86. The van der Waals surface area contributed by atoms with Gasteiger partial charge in [0, 0.05) is 13.1 Å². The summed E-state index contributed by atoms with van der Waals surface area (Å²) in [5.74, 6) is -0.959. The van der Waals surface area contributed by atoms with Crippen LogP contribution in [0.3, 0.4) is 0 Å². The zero-order valence-electron chi connectivity index (χ0n) is 15.2. The molecule has 1 aliphatic carbocycles. The zero-order chi connectivity index (χ0) is 20.5. The Balaban J connectivity index is 1.65. The Morgan fingerprint density at radius 3 is 2.79 bits per heavy atom. The van der Waals surface area contributed by atoms with Crippen LogP contribution in [0.4, 0.5) is 5.82 Å². The first-order valence-corrected chi connectivity index (χ1v) is 9.62. The van der Waals surface area contributed by atoms with E-state index >= 15 is 0 Å². The Kier molecular flexibility index (Phi) is 4.99. The van der Waals surface area contributed by atoms with Crippen LogP contribution in [0.1, 0.15) is 10.6 Å². The third-order valence-corrected chi connectivity index (χ3v) is 5.40. The number of carbonyl (C=O) groups excluding carboxylic acids is 2. The monoisotopic (exact) mass is 415 g/mol. The van der Waals surface area contributed by atoms with E-state index in [1.807, 2.05) is 0 Å². The van der Waals surface area contributed by atoms with E-state index in [0.717, 1.165) is 11.3 Å². The molecule has 10 nitrogen and oxygen atoms in total. The Morgan fingerprint density at radius 1 is 1.31 bits per heavy atom. The molecule has 0 unspecified atom stereocenters. The SMILES string of the molecule is Nc1c(/C=C2/C=CC(=O)C(O)=C2)c(=O)nc2sc(CC(=O)N3CCOCC3)nn12. The minimum absolute atomic E-state index is 0.0620. The molecule has 0 radical (unpaired) electrons. The van der Waals surface area contributed by atoms with Crippen LogP contribution in [0.15, 0.2) is 34.4 Å². The maximum atomic E-state index is 12.4. The number of amides is 1. The number of rotatable bonds is 3. The van der Waals surface area contributed by atoms with Gasteiger partial charge < -0.3 is 20.5 Å². The summed E-state index contributed by atoms with van der Waals surface area (Å²) in [6, 6.07) is 0. The summed E-state index contributed by atoms with van der Waals surface area (Å²) in [5, 5.41) is 14.4.